The van der Waals surface area contributed by atoms with Crippen molar-refractivity contribution in [3.05, 3.63) is 102 Å². The second-order valence-corrected chi connectivity index (χ2v) is 7.51. The minimum atomic E-state index is 1.00. The van der Waals surface area contributed by atoms with Crippen LogP contribution in [0.2, 0.25) is 0 Å². The molecule has 0 aliphatic rings. The molecule has 30 heavy (non-hydrogen) atoms. The third kappa shape index (κ3) is 5.15. The van der Waals surface area contributed by atoms with Crippen LogP contribution in [-0.4, -0.2) is 5.71 Å². The van der Waals surface area contributed by atoms with Crippen molar-refractivity contribution in [2.45, 2.75) is 34.1 Å². The second-order valence-electron chi connectivity index (χ2n) is 7.51. The fourth-order valence-corrected chi connectivity index (χ4v) is 3.42. The van der Waals surface area contributed by atoms with Gasteiger partial charge in [0.05, 0.1) is 5.69 Å². The van der Waals surface area contributed by atoms with E-state index in [-0.39, 0.29) is 0 Å². The smallest absolute Gasteiger partial charge is 0.0663 e. The van der Waals surface area contributed by atoms with E-state index >= 15 is 0 Å². The number of rotatable bonds is 7. The molecule has 0 N–H and O–H groups in total. The van der Waals surface area contributed by atoms with Crippen LogP contribution in [0.1, 0.15) is 37.0 Å². The molecule has 0 saturated carbocycles. The van der Waals surface area contributed by atoms with Gasteiger partial charge < -0.3 is 4.90 Å². The molecule has 0 saturated heterocycles. The van der Waals surface area contributed by atoms with E-state index in [1.807, 2.05) is 13.0 Å². The Morgan fingerprint density at radius 1 is 0.933 bits per heavy atom. The van der Waals surface area contributed by atoms with Gasteiger partial charge in [0.1, 0.15) is 0 Å². The third-order valence-electron chi connectivity index (χ3n) is 4.95. The maximum absolute atomic E-state index is 4.78. The summed E-state index contributed by atoms with van der Waals surface area (Å²) in [5.41, 5.74) is 8.84. The molecule has 0 spiro atoms. The average Bonchev–Trinajstić information content (AvgIpc) is 2.74. The fraction of sp³-hybridized carbons (Fsp3) is 0.179. The van der Waals surface area contributed by atoms with E-state index in [1.165, 1.54) is 5.56 Å². The number of aliphatic imine (C=N–C) groups is 1. The van der Waals surface area contributed by atoms with Gasteiger partial charge in [-0.2, -0.15) is 0 Å². The molecule has 3 aromatic rings. The van der Waals surface area contributed by atoms with Crippen LogP contribution in [0.3, 0.4) is 0 Å². The van der Waals surface area contributed by atoms with Crippen LogP contribution >= 0.6 is 0 Å². The number of nitrogens with zero attached hydrogens (tertiary/aromatic N) is 2. The lowest BCUT2D eigenvalue weighted by atomic mass is 10.1. The number of aryl methyl sites for hydroxylation is 2. The minimum absolute atomic E-state index is 1.00. The van der Waals surface area contributed by atoms with Crippen LogP contribution in [0.4, 0.5) is 22.7 Å². The van der Waals surface area contributed by atoms with Crippen molar-refractivity contribution in [3.63, 3.8) is 0 Å². The summed E-state index contributed by atoms with van der Waals surface area (Å²) in [6.07, 6.45) is 7.11. The Hall–Kier alpha value is -3.39. The van der Waals surface area contributed by atoms with Crippen molar-refractivity contribution in [1.29, 1.82) is 0 Å². The Morgan fingerprint density at radius 3 is 2.30 bits per heavy atom. The molecule has 0 amide bonds. The van der Waals surface area contributed by atoms with E-state index in [9.17, 15) is 0 Å². The quantitative estimate of drug-likeness (QED) is 0.367. The van der Waals surface area contributed by atoms with E-state index in [0.29, 0.717) is 0 Å². The Labute approximate surface area is 180 Å². The highest BCUT2D eigenvalue weighted by molar-refractivity contribution is 5.95. The molecule has 3 aromatic carbocycles. The zero-order valence-corrected chi connectivity index (χ0v) is 18.4. The van der Waals surface area contributed by atoms with Gasteiger partial charge in [0.25, 0.3) is 0 Å². The summed E-state index contributed by atoms with van der Waals surface area (Å²) in [7, 11) is 0. The molecule has 2 nitrogen and oxygen atoms in total. The van der Waals surface area contributed by atoms with Crippen molar-refractivity contribution in [1.82, 2.24) is 0 Å². The molecule has 0 atom stereocenters. The van der Waals surface area contributed by atoms with Crippen LogP contribution in [0.15, 0.2) is 90.5 Å². The summed E-state index contributed by atoms with van der Waals surface area (Å²) in [5, 5.41) is 0. The van der Waals surface area contributed by atoms with Crippen molar-refractivity contribution < 1.29 is 0 Å². The van der Waals surface area contributed by atoms with Crippen molar-refractivity contribution >= 4 is 34.5 Å². The monoisotopic (exact) mass is 394 g/mol. The second kappa shape index (κ2) is 9.89. The van der Waals surface area contributed by atoms with Crippen LogP contribution in [0.5, 0.6) is 0 Å². The highest BCUT2D eigenvalue weighted by Crippen LogP contribution is 2.37. The number of hydrogen-bond donors (Lipinski definition) is 0. The average molecular weight is 395 g/mol. The standard InChI is InChI=1S/C28H30N2/c1-6-8-12-23(5)29-28-17-16-27(19-22(28)4)30(25-14-9-11-21(3)18-25)26-15-10-13-24(7-2)20-26/h7-20H,2,6H2,1,3-5H3/b12-8-,29-23?. The number of anilines is 3. The van der Waals surface area contributed by atoms with Gasteiger partial charge in [-0.3, -0.25) is 4.99 Å². The van der Waals surface area contributed by atoms with Gasteiger partial charge in [0, 0.05) is 22.8 Å². The summed E-state index contributed by atoms with van der Waals surface area (Å²) in [5.74, 6) is 0. The molecule has 3 rings (SSSR count). The highest BCUT2D eigenvalue weighted by Gasteiger charge is 2.14. The molecule has 0 aliphatic carbocycles. The number of benzene rings is 3. The van der Waals surface area contributed by atoms with Crippen molar-refractivity contribution in [2.75, 3.05) is 4.90 Å². The first-order chi connectivity index (χ1) is 14.5. The fourth-order valence-electron chi connectivity index (χ4n) is 3.42. The first kappa shape index (κ1) is 21.3. The summed E-state index contributed by atoms with van der Waals surface area (Å²) in [6, 6.07) is 23.5. The predicted octanol–water partition coefficient (Wildman–Crippen LogP) is 8.47. The van der Waals surface area contributed by atoms with Gasteiger partial charge in [-0.1, -0.05) is 49.9 Å². The molecule has 2 heteroatoms. The van der Waals surface area contributed by atoms with Gasteiger partial charge >= 0.3 is 0 Å². The lowest BCUT2D eigenvalue weighted by Gasteiger charge is -2.26. The molecule has 0 radical (unpaired) electrons. The summed E-state index contributed by atoms with van der Waals surface area (Å²) >= 11 is 0. The number of hydrogen-bond acceptors (Lipinski definition) is 2. The highest BCUT2D eigenvalue weighted by atomic mass is 15.1. The maximum Gasteiger partial charge on any atom is 0.0663 e. The summed E-state index contributed by atoms with van der Waals surface area (Å²) in [4.78, 5) is 7.06. The lowest BCUT2D eigenvalue weighted by Crippen LogP contribution is -2.10. The van der Waals surface area contributed by atoms with Gasteiger partial charge in [0.2, 0.25) is 0 Å². The Kier molecular flexibility index (Phi) is 7.03. The predicted molar refractivity (Wildman–Crippen MR) is 133 cm³/mol. The molecule has 0 aliphatic heterocycles. The maximum atomic E-state index is 4.78. The summed E-state index contributed by atoms with van der Waals surface area (Å²) in [6.45, 7) is 12.3. The zero-order chi connectivity index (χ0) is 21.5. The molecule has 0 heterocycles. The largest absolute Gasteiger partial charge is 0.310 e. The lowest BCUT2D eigenvalue weighted by molar-refractivity contribution is 1.22. The molecule has 0 bridgehead atoms. The molecular formula is C28H30N2. The van der Waals surface area contributed by atoms with E-state index in [2.05, 4.69) is 111 Å². The van der Waals surface area contributed by atoms with Gasteiger partial charge in [-0.25, -0.2) is 0 Å². The summed E-state index contributed by atoms with van der Waals surface area (Å²) < 4.78 is 0. The molecule has 152 valence electrons. The van der Waals surface area contributed by atoms with E-state index in [0.717, 1.165) is 46.0 Å². The van der Waals surface area contributed by atoms with E-state index in [1.54, 1.807) is 0 Å². The van der Waals surface area contributed by atoms with Gasteiger partial charge in [-0.05, 0) is 92.4 Å². The molecule has 0 fully saturated rings. The number of allylic oxidation sites excluding steroid dienone is 2. The van der Waals surface area contributed by atoms with Gasteiger partial charge in [0.15, 0.2) is 0 Å². The van der Waals surface area contributed by atoms with Crippen LogP contribution < -0.4 is 4.90 Å². The molecular weight excluding hydrogens is 364 g/mol. The van der Waals surface area contributed by atoms with Crippen molar-refractivity contribution in [3.8, 4) is 0 Å². The minimum Gasteiger partial charge on any atom is -0.310 e. The molecule has 0 aromatic heterocycles. The Morgan fingerprint density at radius 2 is 1.63 bits per heavy atom. The SMILES string of the molecule is C=Cc1cccc(N(c2cccc(C)c2)c2ccc(N=C(C)/C=C\CC)c(C)c2)c1. The zero-order valence-electron chi connectivity index (χ0n) is 18.4. The Balaban J connectivity index is 2.09. The van der Waals surface area contributed by atoms with Gasteiger partial charge in [-0.15, -0.1) is 0 Å². The van der Waals surface area contributed by atoms with Crippen LogP contribution in [0, 0.1) is 13.8 Å². The topological polar surface area (TPSA) is 15.6 Å². The van der Waals surface area contributed by atoms with Crippen LogP contribution in [-0.2, 0) is 0 Å². The van der Waals surface area contributed by atoms with Crippen molar-refractivity contribution in [2.24, 2.45) is 4.99 Å². The Bertz CT molecular complexity index is 1090. The van der Waals surface area contributed by atoms with Crippen LogP contribution in [0.25, 0.3) is 6.08 Å². The molecule has 0 unspecified atom stereocenters. The first-order valence-electron chi connectivity index (χ1n) is 10.4. The van der Waals surface area contributed by atoms with E-state index < -0.39 is 0 Å². The third-order valence-corrected chi connectivity index (χ3v) is 4.95. The first-order valence-corrected chi connectivity index (χ1v) is 10.4. The van der Waals surface area contributed by atoms with E-state index in [4.69, 9.17) is 4.99 Å². The normalized spacial score (nSPS) is 11.7.